The van der Waals surface area contributed by atoms with Crippen molar-refractivity contribution in [3.63, 3.8) is 0 Å². The van der Waals surface area contributed by atoms with Crippen molar-refractivity contribution < 1.29 is 19.1 Å². The molecule has 0 saturated heterocycles. The smallest absolute Gasteiger partial charge is 0.338 e. The Hall–Kier alpha value is -2.60. The lowest BCUT2D eigenvalue weighted by Crippen LogP contribution is -2.16. The molecular formula is C22H23NO4S. The molecule has 0 aliphatic carbocycles. The van der Waals surface area contributed by atoms with E-state index in [2.05, 4.69) is 5.32 Å². The summed E-state index contributed by atoms with van der Waals surface area (Å²) >= 11 is 1.57. The standard InChI is InChI=1S/C22H23NO4S/c1-12-9-17(15(4)14(3)13(12)2)19(24)11-27-22(26)16-5-6-20-18(10-16)23-21(25)7-8-28-20/h5-6,9-10H,7-8,11H2,1-4H3,(H,23,25). The van der Waals surface area contributed by atoms with Crippen molar-refractivity contribution in [3.05, 3.63) is 57.6 Å². The highest BCUT2D eigenvalue weighted by Crippen LogP contribution is 2.31. The Bertz CT molecular complexity index is 981. The van der Waals surface area contributed by atoms with Crippen molar-refractivity contribution in [2.75, 3.05) is 17.7 Å². The second-order valence-electron chi connectivity index (χ2n) is 6.97. The number of aryl methyl sites for hydroxylation is 1. The van der Waals surface area contributed by atoms with Gasteiger partial charge in [0.25, 0.3) is 0 Å². The average molecular weight is 397 g/mol. The molecule has 1 aliphatic rings. The quantitative estimate of drug-likeness (QED) is 0.612. The second kappa shape index (κ2) is 8.19. The van der Waals surface area contributed by atoms with Gasteiger partial charge < -0.3 is 10.1 Å². The third kappa shape index (κ3) is 4.12. The summed E-state index contributed by atoms with van der Waals surface area (Å²) in [7, 11) is 0. The zero-order valence-electron chi connectivity index (χ0n) is 16.5. The summed E-state index contributed by atoms with van der Waals surface area (Å²) in [5.41, 5.74) is 5.69. The maximum atomic E-state index is 12.6. The molecule has 1 heterocycles. The van der Waals surface area contributed by atoms with E-state index in [4.69, 9.17) is 4.74 Å². The number of hydrogen-bond donors (Lipinski definition) is 1. The molecule has 6 heteroatoms. The number of Topliss-reactive ketones (excluding diaryl/α,β-unsaturated/α-hetero) is 1. The predicted octanol–water partition coefficient (Wildman–Crippen LogP) is 4.39. The number of carbonyl (C=O) groups excluding carboxylic acids is 3. The Morgan fingerprint density at radius 2 is 1.82 bits per heavy atom. The third-order valence-electron chi connectivity index (χ3n) is 5.19. The lowest BCUT2D eigenvalue weighted by molar-refractivity contribution is -0.115. The van der Waals surface area contributed by atoms with Crippen molar-refractivity contribution in [1.82, 2.24) is 0 Å². The van der Waals surface area contributed by atoms with Crippen molar-refractivity contribution in [1.29, 1.82) is 0 Å². The van der Waals surface area contributed by atoms with Crippen LogP contribution in [0.5, 0.6) is 0 Å². The van der Waals surface area contributed by atoms with Gasteiger partial charge in [-0.05, 0) is 74.2 Å². The number of ether oxygens (including phenoxy) is 1. The highest BCUT2D eigenvalue weighted by molar-refractivity contribution is 7.99. The van der Waals surface area contributed by atoms with Crippen LogP contribution in [-0.4, -0.2) is 30.0 Å². The molecule has 0 aromatic heterocycles. The minimum Gasteiger partial charge on any atom is -0.454 e. The number of thioether (sulfide) groups is 1. The van der Waals surface area contributed by atoms with Gasteiger partial charge in [0, 0.05) is 22.6 Å². The first-order valence-electron chi connectivity index (χ1n) is 9.12. The van der Waals surface area contributed by atoms with Crippen LogP contribution in [0, 0.1) is 27.7 Å². The molecule has 0 unspecified atom stereocenters. The molecule has 0 saturated carbocycles. The molecule has 2 aromatic carbocycles. The Kier molecular flexibility index (Phi) is 5.89. The van der Waals surface area contributed by atoms with Crippen LogP contribution in [0.4, 0.5) is 5.69 Å². The first-order chi connectivity index (χ1) is 13.3. The summed E-state index contributed by atoms with van der Waals surface area (Å²) in [5, 5.41) is 2.80. The molecule has 1 N–H and O–H groups in total. The lowest BCUT2D eigenvalue weighted by atomic mass is 9.93. The SMILES string of the molecule is Cc1cc(C(=O)COC(=O)c2ccc3c(c2)NC(=O)CCS3)c(C)c(C)c1C. The first kappa shape index (κ1) is 20.1. The molecule has 1 aliphatic heterocycles. The maximum Gasteiger partial charge on any atom is 0.338 e. The van der Waals surface area contributed by atoms with Gasteiger partial charge in [0.15, 0.2) is 6.61 Å². The maximum absolute atomic E-state index is 12.6. The molecule has 0 fully saturated rings. The van der Waals surface area contributed by atoms with E-state index in [1.807, 2.05) is 33.8 Å². The van der Waals surface area contributed by atoms with Crippen LogP contribution in [0.25, 0.3) is 0 Å². The minimum absolute atomic E-state index is 0.0764. The van der Waals surface area contributed by atoms with E-state index >= 15 is 0 Å². The van der Waals surface area contributed by atoms with Crippen LogP contribution in [0.1, 0.15) is 49.4 Å². The lowest BCUT2D eigenvalue weighted by Gasteiger charge is -2.14. The highest BCUT2D eigenvalue weighted by atomic mass is 32.2. The largest absolute Gasteiger partial charge is 0.454 e. The number of esters is 1. The Balaban J connectivity index is 1.73. The van der Waals surface area contributed by atoms with Crippen LogP contribution < -0.4 is 5.32 Å². The number of ketones is 1. The molecular weight excluding hydrogens is 374 g/mol. The fourth-order valence-electron chi connectivity index (χ4n) is 3.14. The van der Waals surface area contributed by atoms with Gasteiger partial charge in [-0.3, -0.25) is 9.59 Å². The monoisotopic (exact) mass is 397 g/mol. The number of nitrogens with one attached hydrogen (secondary N) is 1. The molecule has 2 aromatic rings. The zero-order chi connectivity index (χ0) is 20.4. The van der Waals surface area contributed by atoms with Gasteiger partial charge in [-0.25, -0.2) is 4.79 Å². The fraction of sp³-hybridized carbons (Fsp3) is 0.318. The number of fused-ring (bicyclic) bond motifs is 1. The van der Waals surface area contributed by atoms with E-state index in [0.717, 1.165) is 27.1 Å². The molecule has 5 nitrogen and oxygen atoms in total. The normalized spacial score (nSPS) is 13.4. The number of carbonyl (C=O) groups is 3. The summed E-state index contributed by atoms with van der Waals surface area (Å²) in [6.45, 7) is 7.57. The van der Waals surface area contributed by atoms with Gasteiger partial charge in [0.2, 0.25) is 11.7 Å². The van der Waals surface area contributed by atoms with Crippen molar-refractivity contribution in [3.8, 4) is 0 Å². The number of anilines is 1. The zero-order valence-corrected chi connectivity index (χ0v) is 17.3. The van der Waals surface area contributed by atoms with E-state index < -0.39 is 5.97 Å². The van der Waals surface area contributed by atoms with Crippen LogP contribution in [0.3, 0.4) is 0 Å². The van der Waals surface area contributed by atoms with Crippen LogP contribution >= 0.6 is 11.8 Å². The Labute approximate surface area is 168 Å². The number of hydrogen-bond acceptors (Lipinski definition) is 5. The van der Waals surface area contributed by atoms with Crippen molar-refractivity contribution in [2.45, 2.75) is 39.0 Å². The fourth-order valence-corrected chi connectivity index (χ4v) is 4.08. The van der Waals surface area contributed by atoms with E-state index in [-0.39, 0.29) is 18.3 Å². The first-order valence-corrected chi connectivity index (χ1v) is 10.1. The molecule has 28 heavy (non-hydrogen) atoms. The number of amides is 1. The minimum atomic E-state index is -0.585. The molecule has 0 atom stereocenters. The molecule has 146 valence electrons. The summed E-state index contributed by atoms with van der Waals surface area (Å²) < 4.78 is 5.25. The number of rotatable bonds is 4. The van der Waals surface area contributed by atoms with Gasteiger partial charge in [-0.15, -0.1) is 11.8 Å². The molecule has 0 spiro atoms. The highest BCUT2D eigenvalue weighted by Gasteiger charge is 2.19. The average Bonchev–Trinajstić information content (AvgIpc) is 2.86. The van der Waals surface area contributed by atoms with Gasteiger partial charge >= 0.3 is 5.97 Å². The second-order valence-corrected chi connectivity index (χ2v) is 8.11. The van der Waals surface area contributed by atoms with Gasteiger partial charge in [0.05, 0.1) is 11.3 Å². The van der Waals surface area contributed by atoms with Gasteiger partial charge in [0.1, 0.15) is 0 Å². The van der Waals surface area contributed by atoms with E-state index in [1.165, 1.54) is 0 Å². The third-order valence-corrected chi connectivity index (χ3v) is 6.27. The number of benzene rings is 2. The predicted molar refractivity (Wildman–Crippen MR) is 110 cm³/mol. The Morgan fingerprint density at radius 3 is 2.57 bits per heavy atom. The summed E-state index contributed by atoms with van der Waals surface area (Å²) in [6, 6.07) is 6.90. The molecule has 1 amide bonds. The Morgan fingerprint density at radius 1 is 1.07 bits per heavy atom. The van der Waals surface area contributed by atoms with Gasteiger partial charge in [-0.1, -0.05) is 0 Å². The van der Waals surface area contributed by atoms with Gasteiger partial charge in [-0.2, -0.15) is 0 Å². The summed E-state index contributed by atoms with van der Waals surface area (Å²) in [4.78, 5) is 37.7. The molecule has 0 bridgehead atoms. The summed E-state index contributed by atoms with van der Waals surface area (Å²) in [5.74, 6) is -0.188. The van der Waals surface area contributed by atoms with E-state index in [9.17, 15) is 14.4 Å². The van der Waals surface area contributed by atoms with Crippen molar-refractivity contribution >= 4 is 35.1 Å². The molecule has 0 radical (unpaired) electrons. The molecule has 3 rings (SSSR count). The topological polar surface area (TPSA) is 72.5 Å². The summed E-state index contributed by atoms with van der Waals surface area (Å²) in [6.07, 6.45) is 0.433. The van der Waals surface area contributed by atoms with Crippen LogP contribution in [0.2, 0.25) is 0 Å². The van der Waals surface area contributed by atoms with Crippen LogP contribution in [-0.2, 0) is 9.53 Å². The van der Waals surface area contributed by atoms with E-state index in [1.54, 1.807) is 30.0 Å². The van der Waals surface area contributed by atoms with E-state index in [0.29, 0.717) is 29.0 Å². The van der Waals surface area contributed by atoms with Crippen LogP contribution in [0.15, 0.2) is 29.2 Å². The van der Waals surface area contributed by atoms with Crippen molar-refractivity contribution in [2.24, 2.45) is 0 Å².